The van der Waals surface area contributed by atoms with Gasteiger partial charge in [-0.05, 0) is 64.5 Å². The van der Waals surface area contributed by atoms with Crippen LogP contribution >= 0.6 is 0 Å². The standard InChI is InChI=1S/C25H37FN2O6/c1-5-33-27-16-9-10-22(3)15(11-16)7-8-17-18-12-20(30)25(32,19(14-29)28-34-6-2)23(18,4)13-21(31)24(17,22)26/h9-11,17-18,20-21,29-32H,5-8,12-14H2,1-4H3/b27-16-,28-19-/t17-,18-,20+,21-,22-,23-,24-,25+/m0/s1. The van der Waals surface area contributed by atoms with Crippen molar-refractivity contribution in [2.45, 2.75) is 76.9 Å². The number of nitrogens with zero attached hydrogens (tertiary/aromatic N) is 2. The molecule has 0 aliphatic heterocycles. The van der Waals surface area contributed by atoms with Gasteiger partial charge in [0, 0.05) is 16.7 Å². The Balaban J connectivity index is 1.76. The van der Waals surface area contributed by atoms with Crippen LogP contribution in [0.2, 0.25) is 0 Å². The minimum Gasteiger partial charge on any atom is -0.396 e. The highest BCUT2D eigenvalue weighted by atomic mass is 19.1. The topological polar surface area (TPSA) is 124 Å². The zero-order valence-electron chi connectivity index (χ0n) is 20.4. The Hall–Kier alpha value is -1.81. The van der Waals surface area contributed by atoms with E-state index in [4.69, 9.17) is 9.68 Å². The summed E-state index contributed by atoms with van der Waals surface area (Å²) in [6.45, 7) is 7.15. The highest BCUT2D eigenvalue weighted by molar-refractivity contribution is 6.05. The number of aliphatic hydroxyl groups excluding tert-OH is 3. The molecule has 3 fully saturated rings. The Kier molecular flexibility index (Phi) is 6.46. The van der Waals surface area contributed by atoms with E-state index in [0.717, 1.165) is 5.57 Å². The third kappa shape index (κ3) is 3.16. The van der Waals surface area contributed by atoms with Crippen molar-refractivity contribution in [1.29, 1.82) is 0 Å². The lowest BCUT2D eigenvalue weighted by molar-refractivity contribution is -0.210. The fourth-order valence-electron chi connectivity index (χ4n) is 7.31. The summed E-state index contributed by atoms with van der Waals surface area (Å²) in [7, 11) is 0. The van der Waals surface area contributed by atoms with Gasteiger partial charge < -0.3 is 30.1 Å². The van der Waals surface area contributed by atoms with E-state index in [-0.39, 0.29) is 25.2 Å². The first kappa shape index (κ1) is 25.3. The van der Waals surface area contributed by atoms with Crippen LogP contribution < -0.4 is 0 Å². The average Bonchev–Trinajstić information content (AvgIpc) is 3.00. The molecule has 0 aromatic rings. The van der Waals surface area contributed by atoms with Crippen molar-refractivity contribution in [3.05, 3.63) is 23.8 Å². The van der Waals surface area contributed by atoms with Crippen molar-refractivity contribution < 1.29 is 34.5 Å². The van der Waals surface area contributed by atoms with Gasteiger partial charge in [0.2, 0.25) is 0 Å². The number of aliphatic hydroxyl groups is 4. The SMILES string of the molecule is CCO/N=C1/C=C[C@@]2(C)C(=C1)CC[C@H]1[C@@H]3C[C@@H](O)[C@](O)(/C(CO)=N\OCC)[C@@]3(C)C[C@H](O)[C@@]12F. The number of rotatable bonds is 6. The molecule has 3 saturated carbocycles. The average molecular weight is 481 g/mol. The first-order valence-electron chi connectivity index (χ1n) is 12.2. The van der Waals surface area contributed by atoms with E-state index < -0.39 is 52.8 Å². The molecule has 8 atom stereocenters. The van der Waals surface area contributed by atoms with Gasteiger partial charge >= 0.3 is 0 Å². The smallest absolute Gasteiger partial charge is 0.152 e. The number of hydrogen-bond acceptors (Lipinski definition) is 8. The second-order valence-corrected chi connectivity index (χ2v) is 10.4. The maximum atomic E-state index is 17.3. The summed E-state index contributed by atoms with van der Waals surface area (Å²) in [6.07, 6.45) is 3.73. The second kappa shape index (κ2) is 8.69. The van der Waals surface area contributed by atoms with Gasteiger partial charge in [0.25, 0.3) is 0 Å². The molecular formula is C25H37FN2O6. The summed E-state index contributed by atoms with van der Waals surface area (Å²) >= 11 is 0. The van der Waals surface area contributed by atoms with E-state index >= 15 is 4.39 Å². The number of halogens is 1. The number of hydrogen-bond donors (Lipinski definition) is 4. The maximum absolute atomic E-state index is 17.3. The van der Waals surface area contributed by atoms with E-state index in [1.165, 1.54) is 0 Å². The highest BCUT2D eigenvalue weighted by Gasteiger charge is 2.75. The summed E-state index contributed by atoms with van der Waals surface area (Å²) in [5.41, 5.74) is -4.76. The number of allylic oxidation sites excluding steroid dienone is 4. The predicted molar refractivity (Wildman–Crippen MR) is 125 cm³/mol. The molecule has 4 aliphatic rings. The zero-order valence-corrected chi connectivity index (χ0v) is 20.4. The van der Waals surface area contributed by atoms with Crippen molar-refractivity contribution >= 4 is 11.4 Å². The molecule has 0 aromatic heterocycles. The Labute approximate surface area is 199 Å². The molecule has 4 N–H and O–H groups in total. The molecule has 0 radical (unpaired) electrons. The Bertz CT molecular complexity index is 936. The molecular weight excluding hydrogens is 443 g/mol. The van der Waals surface area contributed by atoms with Crippen LogP contribution in [0.4, 0.5) is 4.39 Å². The third-order valence-corrected chi connectivity index (χ3v) is 9.07. The van der Waals surface area contributed by atoms with Crippen LogP contribution in [0.5, 0.6) is 0 Å². The summed E-state index contributed by atoms with van der Waals surface area (Å²) < 4.78 is 17.3. The van der Waals surface area contributed by atoms with Crippen LogP contribution in [0.15, 0.2) is 34.1 Å². The molecule has 8 nitrogen and oxygen atoms in total. The minimum absolute atomic E-state index is 0.0950. The lowest BCUT2D eigenvalue weighted by atomic mass is 9.44. The molecule has 190 valence electrons. The minimum atomic E-state index is -2.00. The van der Waals surface area contributed by atoms with Crippen LogP contribution in [0, 0.1) is 22.7 Å². The lowest BCUT2D eigenvalue weighted by Crippen LogP contribution is -2.69. The van der Waals surface area contributed by atoms with Crippen molar-refractivity contribution in [3.8, 4) is 0 Å². The van der Waals surface area contributed by atoms with E-state index in [9.17, 15) is 20.4 Å². The first-order valence-corrected chi connectivity index (χ1v) is 12.2. The Morgan fingerprint density at radius 3 is 2.50 bits per heavy atom. The molecule has 0 spiro atoms. The van der Waals surface area contributed by atoms with Crippen molar-refractivity contribution in [1.82, 2.24) is 0 Å². The molecule has 0 saturated heterocycles. The van der Waals surface area contributed by atoms with E-state index in [1.54, 1.807) is 32.9 Å². The highest BCUT2D eigenvalue weighted by Crippen LogP contribution is 2.69. The quantitative estimate of drug-likeness (QED) is 0.342. The van der Waals surface area contributed by atoms with Gasteiger partial charge in [-0.1, -0.05) is 28.9 Å². The van der Waals surface area contributed by atoms with Gasteiger partial charge in [0.15, 0.2) is 5.67 Å². The molecule has 4 rings (SSSR count). The second-order valence-electron chi connectivity index (χ2n) is 10.4. The summed E-state index contributed by atoms with van der Waals surface area (Å²) in [5, 5.41) is 52.2. The zero-order chi connectivity index (χ0) is 24.9. The van der Waals surface area contributed by atoms with Crippen LogP contribution in [0.3, 0.4) is 0 Å². The first-order chi connectivity index (χ1) is 16.0. The fraction of sp³-hybridized carbons (Fsp3) is 0.760. The molecule has 4 aliphatic carbocycles. The maximum Gasteiger partial charge on any atom is 0.152 e. The largest absolute Gasteiger partial charge is 0.396 e. The Morgan fingerprint density at radius 2 is 1.85 bits per heavy atom. The van der Waals surface area contributed by atoms with Crippen LogP contribution in [-0.4, -0.2) is 75.1 Å². The van der Waals surface area contributed by atoms with Gasteiger partial charge in [0.05, 0.1) is 18.8 Å². The van der Waals surface area contributed by atoms with Gasteiger partial charge in [-0.3, -0.25) is 0 Å². The fourth-order valence-corrected chi connectivity index (χ4v) is 7.31. The van der Waals surface area contributed by atoms with E-state index in [1.807, 2.05) is 13.0 Å². The molecule has 0 aromatic carbocycles. The number of oxime groups is 2. The molecule has 34 heavy (non-hydrogen) atoms. The van der Waals surface area contributed by atoms with Gasteiger partial charge in [-0.2, -0.15) is 0 Å². The monoisotopic (exact) mass is 480 g/mol. The molecule has 0 unspecified atom stereocenters. The van der Waals surface area contributed by atoms with Crippen molar-refractivity contribution in [3.63, 3.8) is 0 Å². The Morgan fingerprint density at radius 1 is 1.15 bits per heavy atom. The molecule has 0 heterocycles. The van der Waals surface area contributed by atoms with Crippen LogP contribution in [-0.2, 0) is 9.68 Å². The van der Waals surface area contributed by atoms with Crippen LogP contribution in [0.1, 0.15) is 53.4 Å². The van der Waals surface area contributed by atoms with Gasteiger partial charge in [-0.15, -0.1) is 0 Å². The normalized spacial score (nSPS) is 47.0. The van der Waals surface area contributed by atoms with Gasteiger partial charge in [0.1, 0.15) is 30.2 Å². The van der Waals surface area contributed by atoms with Gasteiger partial charge in [-0.25, -0.2) is 4.39 Å². The number of fused-ring (bicyclic) bond motifs is 5. The summed E-state index contributed by atoms with van der Waals surface area (Å²) in [4.78, 5) is 10.3. The predicted octanol–water partition coefficient (Wildman–Crippen LogP) is 2.27. The van der Waals surface area contributed by atoms with Crippen molar-refractivity contribution in [2.75, 3.05) is 19.8 Å². The molecule has 0 bridgehead atoms. The summed E-state index contributed by atoms with van der Waals surface area (Å²) in [6, 6.07) is 0. The summed E-state index contributed by atoms with van der Waals surface area (Å²) in [5.74, 6) is -1.06. The molecule has 0 amide bonds. The van der Waals surface area contributed by atoms with Crippen LogP contribution in [0.25, 0.3) is 0 Å². The lowest BCUT2D eigenvalue weighted by Gasteiger charge is -2.62. The van der Waals surface area contributed by atoms with E-state index in [0.29, 0.717) is 25.2 Å². The van der Waals surface area contributed by atoms with Crippen molar-refractivity contribution in [2.24, 2.45) is 33.0 Å². The number of alkyl halides is 1. The third-order valence-electron chi connectivity index (χ3n) is 9.07. The van der Waals surface area contributed by atoms with E-state index in [2.05, 4.69) is 10.3 Å². The molecule has 9 heteroatoms.